The normalized spacial score (nSPS) is 8.96. The van der Waals surface area contributed by atoms with Crippen molar-refractivity contribution in [2.45, 2.75) is 0 Å². The molecule has 25 heavy (non-hydrogen) atoms. The van der Waals surface area contributed by atoms with Crippen LogP contribution in [0.4, 0.5) is 11.4 Å². The molecule has 2 rings (SSSR count). The third-order valence-corrected chi connectivity index (χ3v) is 2.63. The maximum Gasteiger partial charge on any atom is 2.00 e. The van der Waals surface area contributed by atoms with Gasteiger partial charge in [0, 0.05) is 24.3 Å². The number of nitro benzene ring substituents is 2. The Kier molecular flexibility index (Phi) is 8.45. The van der Waals surface area contributed by atoms with Crippen molar-refractivity contribution >= 4 is 23.3 Å². The number of carboxylic acid groups (broad SMARTS) is 2. The van der Waals surface area contributed by atoms with Crippen molar-refractivity contribution in [2.75, 3.05) is 0 Å². The topological polar surface area (TPSA) is 167 Å². The molecule has 11 heteroatoms. The van der Waals surface area contributed by atoms with E-state index in [9.17, 15) is 40.0 Å². The minimum atomic E-state index is -1.34. The van der Waals surface area contributed by atoms with Crippen LogP contribution in [0.5, 0.6) is 0 Å². The molecule has 0 spiro atoms. The smallest absolute Gasteiger partial charge is 0.545 e. The van der Waals surface area contributed by atoms with Crippen molar-refractivity contribution in [3.8, 4) is 0 Å². The van der Waals surface area contributed by atoms with Crippen molar-refractivity contribution in [2.24, 2.45) is 0 Å². The molecule has 0 unspecified atom stereocenters. The zero-order valence-electron chi connectivity index (χ0n) is 12.1. The van der Waals surface area contributed by atoms with Crippen LogP contribution in [0.1, 0.15) is 20.7 Å². The van der Waals surface area contributed by atoms with E-state index in [1.807, 2.05) is 0 Å². The molecule has 0 aliphatic rings. The van der Waals surface area contributed by atoms with Gasteiger partial charge in [-0.15, -0.1) is 0 Å². The van der Waals surface area contributed by atoms with Gasteiger partial charge in [0.15, 0.2) is 0 Å². The maximum absolute atomic E-state index is 10.2. The minimum Gasteiger partial charge on any atom is -0.545 e. The van der Waals surface area contributed by atoms with Crippen LogP contribution in [0.25, 0.3) is 0 Å². The fraction of sp³-hybridized carbons (Fsp3) is 0. The van der Waals surface area contributed by atoms with Gasteiger partial charge in [0.1, 0.15) is 0 Å². The predicted octanol–water partition coefficient (Wildman–Crippen LogP) is -0.0859. The van der Waals surface area contributed by atoms with Gasteiger partial charge < -0.3 is 19.8 Å². The third-order valence-electron chi connectivity index (χ3n) is 2.63. The first-order valence-corrected chi connectivity index (χ1v) is 6.14. The summed E-state index contributed by atoms with van der Waals surface area (Å²) < 4.78 is 0. The fourth-order valence-corrected chi connectivity index (χ4v) is 1.44. The van der Waals surface area contributed by atoms with Crippen molar-refractivity contribution in [1.82, 2.24) is 0 Å². The summed E-state index contributed by atoms with van der Waals surface area (Å²) >= 11 is 0. The number of rotatable bonds is 4. The number of carboxylic acids is 2. The van der Waals surface area contributed by atoms with Crippen LogP contribution >= 0.6 is 0 Å². The fourth-order valence-electron chi connectivity index (χ4n) is 1.44. The van der Waals surface area contributed by atoms with Gasteiger partial charge in [-0.1, -0.05) is 0 Å². The summed E-state index contributed by atoms with van der Waals surface area (Å²) in [5.41, 5.74) is -0.416. The van der Waals surface area contributed by atoms with E-state index >= 15 is 0 Å². The molecular formula is C14H8CoN2O8. The molecule has 0 atom stereocenters. The molecule has 0 aliphatic carbocycles. The molecule has 0 saturated heterocycles. The number of hydrogen-bond donors (Lipinski definition) is 0. The van der Waals surface area contributed by atoms with Crippen LogP contribution in [-0.4, -0.2) is 21.8 Å². The molecule has 0 bridgehead atoms. The number of nitro groups is 2. The summed E-state index contributed by atoms with van der Waals surface area (Å²) in [6.45, 7) is 0. The quantitative estimate of drug-likeness (QED) is 0.515. The van der Waals surface area contributed by atoms with Gasteiger partial charge in [0.2, 0.25) is 0 Å². The molecular weight excluding hydrogens is 383 g/mol. The molecule has 2 aromatic rings. The van der Waals surface area contributed by atoms with Gasteiger partial charge in [0.05, 0.1) is 21.8 Å². The summed E-state index contributed by atoms with van der Waals surface area (Å²) in [4.78, 5) is 39.5. The molecule has 0 amide bonds. The average Bonchev–Trinajstić information content (AvgIpc) is 2.55. The third kappa shape index (κ3) is 6.76. The van der Waals surface area contributed by atoms with Crippen LogP contribution in [0.2, 0.25) is 0 Å². The summed E-state index contributed by atoms with van der Waals surface area (Å²) in [5, 5.41) is 40.7. The van der Waals surface area contributed by atoms with Gasteiger partial charge in [-0.2, -0.15) is 0 Å². The number of carbonyl (C=O) groups is 2. The van der Waals surface area contributed by atoms with Gasteiger partial charge in [0.25, 0.3) is 11.4 Å². The summed E-state index contributed by atoms with van der Waals surface area (Å²) in [7, 11) is 0. The second-order valence-corrected chi connectivity index (χ2v) is 4.18. The number of benzene rings is 2. The Morgan fingerprint density at radius 1 is 0.640 bits per heavy atom. The van der Waals surface area contributed by atoms with E-state index in [-0.39, 0.29) is 39.3 Å². The Labute approximate surface area is 150 Å². The van der Waals surface area contributed by atoms with Crippen LogP contribution in [0, 0.1) is 20.2 Å². The minimum absolute atomic E-state index is 0. The van der Waals surface area contributed by atoms with E-state index in [1.54, 1.807) is 0 Å². The average molecular weight is 391 g/mol. The summed E-state index contributed by atoms with van der Waals surface area (Å²) in [6.07, 6.45) is 0. The summed E-state index contributed by atoms with van der Waals surface area (Å²) in [5.74, 6) is -2.69. The molecule has 0 saturated carbocycles. The van der Waals surface area contributed by atoms with E-state index in [1.165, 1.54) is 0 Å². The Balaban J connectivity index is 0.000000443. The summed E-state index contributed by atoms with van der Waals surface area (Å²) in [6, 6.07) is 8.99. The Bertz CT molecular complexity index is 641. The van der Waals surface area contributed by atoms with Gasteiger partial charge in [-0.25, -0.2) is 0 Å². The molecule has 10 nitrogen and oxygen atoms in total. The van der Waals surface area contributed by atoms with Gasteiger partial charge in [-0.3, -0.25) is 20.2 Å². The first kappa shape index (κ1) is 21.7. The van der Waals surface area contributed by atoms with E-state index in [2.05, 4.69) is 0 Å². The number of non-ortho nitro benzene ring substituents is 2. The van der Waals surface area contributed by atoms with Crippen LogP contribution in [0.3, 0.4) is 0 Å². The Morgan fingerprint density at radius 3 is 1.04 bits per heavy atom. The second-order valence-electron chi connectivity index (χ2n) is 4.18. The number of hydrogen-bond acceptors (Lipinski definition) is 8. The Morgan fingerprint density at radius 2 is 0.880 bits per heavy atom. The molecule has 0 aromatic heterocycles. The van der Waals surface area contributed by atoms with Crippen molar-refractivity contribution in [1.29, 1.82) is 0 Å². The van der Waals surface area contributed by atoms with Crippen LogP contribution in [0.15, 0.2) is 48.5 Å². The zero-order valence-corrected chi connectivity index (χ0v) is 13.2. The van der Waals surface area contributed by atoms with E-state index < -0.39 is 21.8 Å². The second kappa shape index (κ2) is 9.74. The number of aromatic carboxylic acids is 2. The SMILES string of the molecule is O=C([O-])c1ccc([N+](=O)[O-])cc1.O=C([O-])c1ccc([N+](=O)[O-])cc1.[Co+2]. The molecule has 2 aromatic carbocycles. The van der Waals surface area contributed by atoms with Crippen LogP contribution in [-0.2, 0) is 16.8 Å². The van der Waals surface area contributed by atoms with E-state index in [4.69, 9.17) is 0 Å². The first-order valence-electron chi connectivity index (χ1n) is 6.14. The maximum atomic E-state index is 10.2. The van der Waals surface area contributed by atoms with Crippen molar-refractivity contribution in [3.63, 3.8) is 0 Å². The zero-order chi connectivity index (χ0) is 18.3. The first-order chi connectivity index (χ1) is 11.2. The number of carbonyl (C=O) groups excluding carboxylic acids is 2. The monoisotopic (exact) mass is 391 g/mol. The van der Waals surface area contributed by atoms with Gasteiger partial charge >= 0.3 is 16.8 Å². The molecule has 1 radical (unpaired) electrons. The Hall–Kier alpha value is -3.31. The molecule has 0 N–H and O–H groups in total. The molecule has 131 valence electrons. The molecule has 0 fully saturated rings. The van der Waals surface area contributed by atoms with E-state index in [0.717, 1.165) is 48.5 Å². The van der Waals surface area contributed by atoms with Crippen LogP contribution < -0.4 is 10.2 Å². The predicted molar refractivity (Wildman–Crippen MR) is 74.9 cm³/mol. The van der Waals surface area contributed by atoms with Crippen molar-refractivity contribution < 1.29 is 46.4 Å². The van der Waals surface area contributed by atoms with E-state index in [0.29, 0.717) is 0 Å². The number of nitrogens with zero attached hydrogens (tertiary/aromatic N) is 2. The van der Waals surface area contributed by atoms with Crippen molar-refractivity contribution in [3.05, 3.63) is 79.9 Å². The molecule has 0 aliphatic heterocycles. The molecule has 0 heterocycles. The largest absolute Gasteiger partial charge is 2.00 e. The van der Waals surface area contributed by atoms with Gasteiger partial charge in [-0.05, 0) is 35.4 Å². The standard InChI is InChI=1S/2C7H5NO4.Co/c2*9-7(10)5-1-3-6(4-2-5)8(11)12;/h2*1-4H,(H,9,10);/q;;+2/p-2.